The maximum atomic E-state index is 2.51. The van der Waals surface area contributed by atoms with Crippen LogP contribution < -0.4 is 0 Å². The number of aryl methyl sites for hydroxylation is 2. The molecule has 54 heavy (non-hydrogen) atoms. The van der Waals surface area contributed by atoms with E-state index < -0.39 is 0 Å². The van der Waals surface area contributed by atoms with Gasteiger partial charge in [-0.05, 0) is 104 Å². The lowest BCUT2D eigenvalue weighted by Crippen LogP contribution is -2.26. The third-order valence-corrected chi connectivity index (χ3v) is 13.8. The van der Waals surface area contributed by atoms with Crippen LogP contribution in [0.25, 0.3) is 30.9 Å². The lowest BCUT2D eigenvalue weighted by atomic mass is 9.68. The average Bonchev–Trinajstić information content (AvgIpc) is 3.93. The predicted molar refractivity (Wildman–Crippen MR) is 228 cm³/mol. The third-order valence-electron chi connectivity index (χ3n) is 12.7. The molecule has 0 aliphatic heterocycles. The molecule has 1 heterocycles. The molecule has 0 saturated heterocycles. The van der Waals surface area contributed by atoms with Crippen LogP contribution in [-0.4, -0.2) is 0 Å². The molecular weight excluding hydrogens is 669 g/mol. The van der Waals surface area contributed by atoms with Crippen LogP contribution in [0.1, 0.15) is 80.3 Å². The van der Waals surface area contributed by atoms with Gasteiger partial charge in [-0.3, -0.25) is 0 Å². The van der Waals surface area contributed by atoms with Crippen LogP contribution in [0.4, 0.5) is 0 Å². The SMILES string of the molecule is c1ccc(C(c2ccccc2)c2cccc3c2[C@@]2(CC3)CCc3cccc(C(c4ccc5ccccc5c4)c4ccc5c(c4)sc4ccccc45)c32)cc1. The first kappa shape index (κ1) is 31.7. The van der Waals surface area contributed by atoms with Gasteiger partial charge in [-0.25, -0.2) is 0 Å². The van der Waals surface area contributed by atoms with E-state index in [-0.39, 0.29) is 17.3 Å². The van der Waals surface area contributed by atoms with E-state index in [0.29, 0.717) is 0 Å². The van der Waals surface area contributed by atoms with Crippen molar-refractivity contribution in [1.29, 1.82) is 0 Å². The van der Waals surface area contributed by atoms with E-state index in [1.54, 1.807) is 11.1 Å². The number of hydrogen-bond acceptors (Lipinski definition) is 1. The van der Waals surface area contributed by atoms with Crippen LogP contribution in [-0.2, 0) is 18.3 Å². The Morgan fingerprint density at radius 3 is 1.61 bits per heavy atom. The van der Waals surface area contributed by atoms with Crippen molar-refractivity contribution in [2.45, 2.75) is 42.9 Å². The predicted octanol–water partition coefficient (Wildman–Crippen LogP) is 13.7. The lowest BCUT2D eigenvalue weighted by Gasteiger charge is -2.35. The van der Waals surface area contributed by atoms with Gasteiger partial charge in [0.1, 0.15) is 0 Å². The normalized spacial score (nSPS) is 16.8. The fourth-order valence-corrected chi connectivity index (χ4v) is 11.6. The zero-order valence-corrected chi connectivity index (χ0v) is 31.0. The highest BCUT2D eigenvalue weighted by molar-refractivity contribution is 7.25. The number of hydrogen-bond donors (Lipinski definition) is 0. The number of benzene rings is 8. The minimum atomic E-state index is -0.0452. The van der Waals surface area contributed by atoms with Gasteiger partial charge in [0.05, 0.1) is 0 Å². The van der Waals surface area contributed by atoms with Crippen molar-refractivity contribution in [3.63, 3.8) is 0 Å². The minimum absolute atomic E-state index is 0.0452. The largest absolute Gasteiger partial charge is 0.135 e. The first-order valence-corrected chi connectivity index (χ1v) is 20.3. The van der Waals surface area contributed by atoms with Crippen LogP contribution in [0.15, 0.2) is 182 Å². The standard InChI is InChI=1S/C53H40S/c1-3-14-36(15-4-1)49(37-16-5-2-6-17-37)45-22-11-19-38-29-31-53(51(38)45)32-30-39-20-12-23-46(52(39)53)50(41-26-25-35-13-7-8-18-40(35)33-41)42-27-28-44-43-21-9-10-24-47(43)54-48(44)34-42/h1-28,33-34,49-50H,29-32H2/t50?,53-/m1/s1. The van der Waals surface area contributed by atoms with Gasteiger partial charge in [0.25, 0.3) is 0 Å². The second-order valence-corrected chi connectivity index (χ2v) is 16.6. The number of fused-ring (bicyclic) bond motifs is 8. The summed E-state index contributed by atoms with van der Waals surface area (Å²) in [5.41, 5.74) is 14.6. The molecule has 0 bridgehead atoms. The molecule has 0 N–H and O–H groups in total. The summed E-state index contributed by atoms with van der Waals surface area (Å²) in [6.45, 7) is 0. The summed E-state index contributed by atoms with van der Waals surface area (Å²) in [5, 5.41) is 5.30. The summed E-state index contributed by atoms with van der Waals surface area (Å²) in [4.78, 5) is 0. The summed E-state index contributed by atoms with van der Waals surface area (Å²) in [7, 11) is 0. The Morgan fingerprint density at radius 2 is 0.926 bits per heavy atom. The number of rotatable bonds is 6. The van der Waals surface area contributed by atoms with Crippen molar-refractivity contribution in [1.82, 2.24) is 0 Å². The summed E-state index contributed by atoms with van der Waals surface area (Å²) in [6.07, 6.45) is 4.53. The Bertz CT molecular complexity index is 2800. The Labute approximate surface area is 321 Å². The van der Waals surface area contributed by atoms with Crippen LogP contribution in [0, 0.1) is 0 Å². The molecular formula is C53H40S. The monoisotopic (exact) mass is 708 g/mol. The Kier molecular flexibility index (Phi) is 7.45. The van der Waals surface area contributed by atoms with Crippen molar-refractivity contribution >= 4 is 42.3 Å². The first-order chi connectivity index (χ1) is 26.7. The summed E-state index contributed by atoms with van der Waals surface area (Å²) in [5.74, 6) is 0.268. The van der Waals surface area contributed by atoms with Gasteiger partial charge in [-0.2, -0.15) is 0 Å². The highest BCUT2D eigenvalue weighted by atomic mass is 32.1. The molecule has 1 heteroatoms. The quantitative estimate of drug-likeness (QED) is 0.151. The van der Waals surface area contributed by atoms with E-state index in [1.165, 1.54) is 75.5 Å². The molecule has 0 nitrogen and oxygen atoms in total. The first-order valence-electron chi connectivity index (χ1n) is 19.5. The molecule has 1 aromatic heterocycles. The summed E-state index contributed by atoms with van der Waals surface area (Å²) in [6, 6.07) is 69.1. The Balaban J connectivity index is 1.15. The van der Waals surface area contributed by atoms with Crippen LogP contribution in [0.2, 0.25) is 0 Å². The second-order valence-electron chi connectivity index (χ2n) is 15.5. The van der Waals surface area contributed by atoms with E-state index in [4.69, 9.17) is 0 Å². The number of thiophene rings is 1. The van der Waals surface area contributed by atoms with Crippen LogP contribution in [0.3, 0.4) is 0 Å². The van der Waals surface area contributed by atoms with E-state index in [0.717, 1.165) is 25.7 Å². The smallest absolute Gasteiger partial charge is 0.0358 e. The zero-order valence-electron chi connectivity index (χ0n) is 30.2. The fourth-order valence-electron chi connectivity index (χ4n) is 10.5. The van der Waals surface area contributed by atoms with Gasteiger partial charge < -0.3 is 0 Å². The van der Waals surface area contributed by atoms with Gasteiger partial charge in [0.15, 0.2) is 0 Å². The summed E-state index contributed by atoms with van der Waals surface area (Å²) >= 11 is 1.92. The highest BCUT2D eigenvalue weighted by Crippen LogP contribution is 2.58. The van der Waals surface area contributed by atoms with Crippen molar-refractivity contribution in [2.75, 3.05) is 0 Å². The molecule has 0 fully saturated rings. The highest BCUT2D eigenvalue weighted by Gasteiger charge is 2.48. The van der Waals surface area contributed by atoms with E-state index in [2.05, 4.69) is 182 Å². The molecule has 1 unspecified atom stereocenters. The molecule has 2 aliphatic carbocycles. The Hall–Kier alpha value is -5.76. The van der Waals surface area contributed by atoms with Gasteiger partial charge >= 0.3 is 0 Å². The zero-order chi connectivity index (χ0) is 35.6. The molecule has 1 spiro atoms. The van der Waals surface area contributed by atoms with E-state index >= 15 is 0 Å². The Morgan fingerprint density at radius 1 is 0.389 bits per heavy atom. The van der Waals surface area contributed by atoms with E-state index in [9.17, 15) is 0 Å². The van der Waals surface area contributed by atoms with Crippen molar-refractivity contribution in [2.24, 2.45) is 0 Å². The van der Waals surface area contributed by atoms with Gasteiger partial charge in [0.2, 0.25) is 0 Å². The average molecular weight is 709 g/mol. The summed E-state index contributed by atoms with van der Waals surface area (Å²) < 4.78 is 2.72. The molecule has 8 aromatic carbocycles. The maximum absolute atomic E-state index is 2.51. The molecule has 0 radical (unpaired) electrons. The topological polar surface area (TPSA) is 0 Å². The van der Waals surface area contributed by atoms with Gasteiger partial charge in [-0.15, -0.1) is 11.3 Å². The van der Waals surface area contributed by atoms with Gasteiger partial charge in [-0.1, -0.05) is 170 Å². The molecule has 9 aromatic rings. The van der Waals surface area contributed by atoms with Crippen molar-refractivity contribution in [3.05, 3.63) is 238 Å². The van der Waals surface area contributed by atoms with Crippen LogP contribution in [0.5, 0.6) is 0 Å². The van der Waals surface area contributed by atoms with Crippen molar-refractivity contribution in [3.8, 4) is 0 Å². The van der Waals surface area contributed by atoms with Gasteiger partial charge in [0, 0.05) is 37.4 Å². The van der Waals surface area contributed by atoms with Crippen molar-refractivity contribution < 1.29 is 0 Å². The third kappa shape index (κ3) is 4.95. The molecule has 0 amide bonds. The minimum Gasteiger partial charge on any atom is -0.135 e. The lowest BCUT2D eigenvalue weighted by molar-refractivity contribution is 0.498. The molecule has 2 aliphatic rings. The van der Waals surface area contributed by atoms with Crippen LogP contribution >= 0.6 is 11.3 Å². The maximum Gasteiger partial charge on any atom is 0.0358 e. The molecule has 258 valence electrons. The molecule has 0 saturated carbocycles. The molecule has 2 atom stereocenters. The molecule has 11 rings (SSSR count). The second kappa shape index (κ2) is 12.7. The van der Waals surface area contributed by atoms with E-state index in [1.807, 2.05) is 11.3 Å². The fraction of sp³-hybridized carbons (Fsp3) is 0.132.